The summed E-state index contributed by atoms with van der Waals surface area (Å²) in [7, 11) is 0. The molecule has 86 valence electrons. The van der Waals surface area contributed by atoms with E-state index in [-0.39, 0.29) is 6.04 Å². The van der Waals surface area contributed by atoms with Crippen molar-refractivity contribution in [2.75, 3.05) is 0 Å². The van der Waals surface area contributed by atoms with E-state index in [2.05, 4.69) is 15.1 Å². The quantitative estimate of drug-likeness (QED) is 0.833. The number of hydrogen-bond donors (Lipinski definition) is 1. The largest absolute Gasteiger partial charge is 0.337 e. The highest BCUT2D eigenvalue weighted by Crippen LogP contribution is 2.14. The lowest BCUT2D eigenvalue weighted by molar-refractivity contribution is 0.365. The Morgan fingerprint density at radius 3 is 3.00 bits per heavy atom. The fourth-order valence-corrected chi connectivity index (χ4v) is 1.53. The first-order chi connectivity index (χ1) is 7.70. The second kappa shape index (κ2) is 4.44. The first kappa shape index (κ1) is 10.8. The van der Waals surface area contributed by atoms with E-state index in [1.807, 2.05) is 11.5 Å². The van der Waals surface area contributed by atoms with Gasteiger partial charge < -0.3 is 14.8 Å². The van der Waals surface area contributed by atoms with Crippen LogP contribution in [0.3, 0.4) is 0 Å². The zero-order valence-corrected chi connectivity index (χ0v) is 9.42. The Hall–Kier alpha value is -1.69. The molecule has 16 heavy (non-hydrogen) atoms. The zero-order valence-electron chi connectivity index (χ0n) is 9.42. The molecule has 0 aliphatic carbocycles. The molecule has 0 amide bonds. The van der Waals surface area contributed by atoms with Crippen molar-refractivity contribution < 1.29 is 4.52 Å². The van der Waals surface area contributed by atoms with E-state index in [1.165, 1.54) is 0 Å². The Bertz CT molecular complexity index is 461. The summed E-state index contributed by atoms with van der Waals surface area (Å²) in [4.78, 5) is 8.23. The van der Waals surface area contributed by atoms with E-state index < -0.39 is 0 Å². The molecule has 0 aliphatic rings. The summed E-state index contributed by atoms with van der Waals surface area (Å²) in [5.41, 5.74) is 6.96. The van der Waals surface area contributed by atoms with E-state index in [4.69, 9.17) is 10.3 Å². The van der Waals surface area contributed by atoms with Gasteiger partial charge in [-0.25, -0.2) is 4.98 Å². The molecular weight excluding hydrogens is 206 g/mol. The molecule has 0 spiro atoms. The van der Waals surface area contributed by atoms with E-state index >= 15 is 0 Å². The molecule has 0 saturated heterocycles. The Morgan fingerprint density at radius 1 is 1.56 bits per heavy atom. The first-order valence-electron chi connectivity index (χ1n) is 5.25. The molecule has 1 atom stereocenters. The molecule has 2 aromatic heterocycles. The highest BCUT2D eigenvalue weighted by molar-refractivity contribution is 5.05. The molecular formula is C10H15N5O. The second-order valence-corrected chi connectivity index (χ2v) is 3.70. The molecule has 0 unspecified atom stereocenters. The normalized spacial score (nSPS) is 12.9. The molecule has 0 saturated carbocycles. The number of rotatable bonds is 4. The van der Waals surface area contributed by atoms with Crippen LogP contribution in [0.25, 0.3) is 0 Å². The van der Waals surface area contributed by atoms with E-state index in [9.17, 15) is 0 Å². The van der Waals surface area contributed by atoms with Crippen molar-refractivity contribution in [2.24, 2.45) is 5.73 Å². The molecule has 0 aromatic carbocycles. The standard InChI is InChI=1S/C10H15N5O/c1-3-8(11)9-4-12-6-15(9)5-10-13-7(2)14-16-10/h4,6,8H,3,5,11H2,1-2H3/t8-/m1/s1. The average Bonchev–Trinajstić information content (AvgIpc) is 2.87. The number of hydrogen-bond acceptors (Lipinski definition) is 5. The van der Waals surface area contributed by atoms with Gasteiger partial charge >= 0.3 is 0 Å². The number of aromatic nitrogens is 4. The number of nitrogens with zero attached hydrogens (tertiary/aromatic N) is 4. The van der Waals surface area contributed by atoms with Gasteiger partial charge in [-0.2, -0.15) is 4.98 Å². The van der Waals surface area contributed by atoms with Gasteiger partial charge in [-0.15, -0.1) is 0 Å². The fraction of sp³-hybridized carbons (Fsp3) is 0.500. The molecule has 2 heterocycles. The van der Waals surface area contributed by atoms with Crippen molar-refractivity contribution in [3.05, 3.63) is 29.9 Å². The van der Waals surface area contributed by atoms with Crippen LogP contribution in [0.1, 0.15) is 36.8 Å². The lowest BCUT2D eigenvalue weighted by Gasteiger charge is -2.10. The van der Waals surface area contributed by atoms with Gasteiger partial charge in [-0.1, -0.05) is 12.1 Å². The number of nitrogens with two attached hydrogens (primary N) is 1. The highest BCUT2D eigenvalue weighted by atomic mass is 16.5. The van der Waals surface area contributed by atoms with Crippen LogP contribution in [0, 0.1) is 6.92 Å². The summed E-state index contributed by atoms with van der Waals surface area (Å²) in [5.74, 6) is 1.21. The molecule has 2 rings (SSSR count). The van der Waals surface area contributed by atoms with E-state index in [1.54, 1.807) is 19.4 Å². The van der Waals surface area contributed by atoms with Crippen molar-refractivity contribution in [3.8, 4) is 0 Å². The lowest BCUT2D eigenvalue weighted by Crippen LogP contribution is -2.14. The van der Waals surface area contributed by atoms with Crippen LogP contribution < -0.4 is 5.73 Å². The van der Waals surface area contributed by atoms with E-state index in [0.29, 0.717) is 18.3 Å². The minimum atomic E-state index is -0.00785. The smallest absolute Gasteiger partial charge is 0.246 e. The maximum Gasteiger partial charge on any atom is 0.246 e. The maximum atomic E-state index is 5.97. The van der Waals surface area contributed by atoms with Crippen LogP contribution in [0.5, 0.6) is 0 Å². The zero-order chi connectivity index (χ0) is 11.5. The van der Waals surface area contributed by atoms with Crippen LogP contribution in [0.4, 0.5) is 0 Å². The van der Waals surface area contributed by atoms with Gasteiger partial charge in [0.15, 0.2) is 5.82 Å². The predicted octanol–water partition coefficient (Wildman–Crippen LogP) is 1.03. The van der Waals surface area contributed by atoms with Crippen molar-refractivity contribution >= 4 is 0 Å². The van der Waals surface area contributed by atoms with Gasteiger partial charge in [0.25, 0.3) is 0 Å². The first-order valence-corrected chi connectivity index (χ1v) is 5.25. The fourth-order valence-electron chi connectivity index (χ4n) is 1.53. The minimum Gasteiger partial charge on any atom is -0.337 e. The Kier molecular flexibility index (Phi) is 3.00. The summed E-state index contributed by atoms with van der Waals surface area (Å²) < 4.78 is 6.99. The van der Waals surface area contributed by atoms with Gasteiger partial charge in [0.2, 0.25) is 5.89 Å². The van der Waals surface area contributed by atoms with Crippen molar-refractivity contribution in [3.63, 3.8) is 0 Å². The summed E-state index contributed by atoms with van der Waals surface area (Å²) in [6, 6.07) is -0.00785. The van der Waals surface area contributed by atoms with E-state index in [0.717, 1.165) is 12.1 Å². The SMILES string of the molecule is CC[C@@H](N)c1cncn1Cc1nc(C)no1. The Balaban J connectivity index is 2.18. The molecule has 6 heteroatoms. The van der Waals surface area contributed by atoms with Crippen LogP contribution in [0.15, 0.2) is 17.0 Å². The van der Waals surface area contributed by atoms with Crippen molar-refractivity contribution in [1.82, 2.24) is 19.7 Å². The monoisotopic (exact) mass is 221 g/mol. The average molecular weight is 221 g/mol. The molecule has 2 N–H and O–H groups in total. The number of imidazole rings is 1. The third-order valence-electron chi connectivity index (χ3n) is 2.44. The highest BCUT2D eigenvalue weighted by Gasteiger charge is 2.12. The van der Waals surface area contributed by atoms with Crippen LogP contribution in [0.2, 0.25) is 0 Å². The van der Waals surface area contributed by atoms with Crippen molar-refractivity contribution in [1.29, 1.82) is 0 Å². The Labute approximate surface area is 93.5 Å². The maximum absolute atomic E-state index is 5.97. The summed E-state index contributed by atoms with van der Waals surface area (Å²) >= 11 is 0. The molecule has 6 nitrogen and oxygen atoms in total. The number of aryl methyl sites for hydroxylation is 1. The third-order valence-corrected chi connectivity index (χ3v) is 2.44. The van der Waals surface area contributed by atoms with Crippen LogP contribution >= 0.6 is 0 Å². The summed E-state index contributed by atoms with van der Waals surface area (Å²) in [6.07, 6.45) is 4.37. The molecule has 0 radical (unpaired) electrons. The predicted molar refractivity (Wildman–Crippen MR) is 57.6 cm³/mol. The van der Waals surface area contributed by atoms with Crippen molar-refractivity contribution in [2.45, 2.75) is 32.9 Å². The minimum absolute atomic E-state index is 0.00785. The summed E-state index contributed by atoms with van der Waals surface area (Å²) in [6.45, 7) is 4.35. The molecule has 2 aromatic rings. The van der Waals surface area contributed by atoms with Gasteiger partial charge in [-0.05, 0) is 13.3 Å². The molecule has 0 aliphatic heterocycles. The van der Waals surface area contributed by atoms with Crippen LogP contribution in [-0.2, 0) is 6.54 Å². The summed E-state index contributed by atoms with van der Waals surface area (Å²) in [5, 5.41) is 3.74. The van der Waals surface area contributed by atoms with Gasteiger partial charge in [-0.3, -0.25) is 0 Å². The second-order valence-electron chi connectivity index (χ2n) is 3.70. The van der Waals surface area contributed by atoms with Gasteiger partial charge in [0.1, 0.15) is 6.54 Å². The topological polar surface area (TPSA) is 82.8 Å². The van der Waals surface area contributed by atoms with Gasteiger partial charge in [0, 0.05) is 12.2 Å². The Morgan fingerprint density at radius 2 is 2.38 bits per heavy atom. The third kappa shape index (κ3) is 2.11. The van der Waals surface area contributed by atoms with Crippen LogP contribution in [-0.4, -0.2) is 19.7 Å². The lowest BCUT2D eigenvalue weighted by atomic mass is 10.2. The molecule has 0 fully saturated rings. The molecule has 0 bridgehead atoms. The van der Waals surface area contributed by atoms with Gasteiger partial charge in [0.05, 0.1) is 12.0 Å².